The van der Waals surface area contributed by atoms with Crippen LogP contribution in [0.5, 0.6) is 0 Å². The molecule has 0 saturated heterocycles. The fourth-order valence-corrected chi connectivity index (χ4v) is 1.15. The number of nitrogens with one attached hydrogen (secondary N) is 2. The van der Waals surface area contributed by atoms with E-state index in [4.69, 9.17) is 5.73 Å². The van der Waals surface area contributed by atoms with Crippen molar-refractivity contribution in [3.63, 3.8) is 0 Å². The van der Waals surface area contributed by atoms with Crippen LogP contribution in [0.4, 0.5) is 0 Å². The summed E-state index contributed by atoms with van der Waals surface area (Å²) in [6, 6.07) is -1.25. The zero-order chi connectivity index (χ0) is 13.6. The molecule has 2 atom stereocenters. The van der Waals surface area contributed by atoms with E-state index in [-0.39, 0.29) is 17.4 Å². The molecule has 0 rings (SSSR count). The Kier molecular flexibility index (Phi) is 5.88. The largest absolute Gasteiger partial charge is 0.350 e. The van der Waals surface area contributed by atoms with E-state index in [0.29, 0.717) is 6.42 Å². The molecule has 0 saturated carbocycles. The Balaban J connectivity index is 4.25. The van der Waals surface area contributed by atoms with Gasteiger partial charge in [0.1, 0.15) is 6.04 Å². The van der Waals surface area contributed by atoms with Crippen molar-refractivity contribution in [3.05, 3.63) is 12.7 Å². The first-order valence-electron chi connectivity index (χ1n) is 5.66. The molecule has 0 heterocycles. The van der Waals surface area contributed by atoms with Gasteiger partial charge in [-0.2, -0.15) is 0 Å². The van der Waals surface area contributed by atoms with Crippen LogP contribution in [0, 0.1) is 0 Å². The molecular weight excluding hydrogens is 218 g/mol. The quantitative estimate of drug-likeness (QED) is 0.606. The number of carbonyl (C=O) groups excluding carboxylic acids is 2. The maximum Gasteiger partial charge on any atom is 0.242 e. The van der Waals surface area contributed by atoms with E-state index in [1.165, 1.54) is 0 Å². The highest BCUT2D eigenvalue weighted by molar-refractivity contribution is 5.89. The molecule has 0 spiro atoms. The van der Waals surface area contributed by atoms with Crippen molar-refractivity contribution in [1.82, 2.24) is 10.6 Å². The average Bonchev–Trinajstić information content (AvgIpc) is 2.15. The van der Waals surface area contributed by atoms with E-state index in [1.807, 2.05) is 20.8 Å². The summed E-state index contributed by atoms with van der Waals surface area (Å²) in [5.41, 5.74) is 5.27. The molecule has 0 fully saturated rings. The zero-order valence-corrected chi connectivity index (χ0v) is 11.0. The van der Waals surface area contributed by atoms with Gasteiger partial charge in [0.2, 0.25) is 11.8 Å². The molecular formula is C12H23N3O2. The van der Waals surface area contributed by atoms with Crippen LogP contribution in [-0.4, -0.2) is 29.4 Å². The van der Waals surface area contributed by atoms with E-state index < -0.39 is 12.1 Å². The van der Waals surface area contributed by atoms with Crippen molar-refractivity contribution in [2.45, 2.75) is 51.7 Å². The van der Waals surface area contributed by atoms with E-state index in [1.54, 1.807) is 13.0 Å². The van der Waals surface area contributed by atoms with Crippen LogP contribution >= 0.6 is 0 Å². The summed E-state index contributed by atoms with van der Waals surface area (Å²) in [5.74, 6) is -0.571. The predicted octanol–water partition coefficient (Wildman–Crippen LogP) is 0.309. The number of amides is 2. The molecule has 0 aromatic rings. The van der Waals surface area contributed by atoms with Crippen LogP contribution < -0.4 is 16.4 Å². The minimum absolute atomic E-state index is 0.225. The average molecular weight is 241 g/mol. The number of nitrogens with two attached hydrogens (primary N) is 1. The van der Waals surface area contributed by atoms with Gasteiger partial charge in [0.05, 0.1) is 6.04 Å². The molecule has 5 nitrogen and oxygen atoms in total. The van der Waals surface area contributed by atoms with Crippen LogP contribution in [0.25, 0.3) is 0 Å². The Bertz CT molecular complexity index is 295. The van der Waals surface area contributed by atoms with E-state index in [0.717, 1.165) is 0 Å². The molecule has 0 radical (unpaired) electrons. The summed E-state index contributed by atoms with van der Waals surface area (Å²) in [4.78, 5) is 23.2. The van der Waals surface area contributed by atoms with Gasteiger partial charge in [0.15, 0.2) is 0 Å². The number of carbonyl (C=O) groups is 2. The van der Waals surface area contributed by atoms with Gasteiger partial charge in [0.25, 0.3) is 0 Å². The van der Waals surface area contributed by atoms with Gasteiger partial charge >= 0.3 is 0 Å². The first kappa shape index (κ1) is 15.6. The van der Waals surface area contributed by atoms with Crippen molar-refractivity contribution in [3.8, 4) is 0 Å². The molecule has 0 aliphatic carbocycles. The van der Waals surface area contributed by atoms with Gasteiger partial charge in [-0.3, -0.25) is 9.59 Å². The van der Waals surface area contributed by atoms with Gasteiger partial charge in [-0.25, -0.2) is 0 Å². The number of hydrogen-bond donors (Lipinski definition) is 3. The topological polar surface area (TPSA) is 84.2 Å². The fraction of sp³-hybridized carbons (Fsp3) is 0.667. The van der Waals surface area contributed by atoms with E-state index in [2.05, 4.69) is 17.2 Å². The number of hydrogen-bond acceptors (Lipinski definition) is 3. The van der Waals surface area contributed by atoms with Crippen LogP contribution in [0.15, 0.2) is 12.7 Å². The normalized spacial score (nSPS) is 14.6. The Labute approximate surface area is 103 Å². The van der Waals surface area contributed by atoms with Gasteiger partial charge in [-0.1, -0.05) is 6.08 Å². The second-order valence-electron chi connectivity index (χ2n) is 5.10. The standard InChI is InChI=1S/C12H23N3O2/c1-6-7-9(13)11(17)14-8(2)10(16)15-12(3,4)5/h6,8-9H,1,7,13H2,2-5H3,(H,14,17)(H,15,16). The lowest BCUT2D eigenvalue weighted by atomic mass is 10.1. The number of rotatable bonds is 5. The summed E-state index contributed by atoms with van der Waals surface area (Å²) in [6.07, 6.45) is 1.96. The SMILES string of the molecule is C=CCC(N)C(=O)NC(C)C(=O)NC(C)(C)C. The molecule has 17 heavy (non-hydrogen) atoms. The predicted molar refractivity (Wildman–Crippen MR) is 68.3 cm³/mol. The van der Waals surface area contributed by atoms with Crippen LogP contribution in [-0.2, 0) is 9.59 Å². The smallest absolute Gasteiger partial charge is 0.242 e. The highest BCUT2D eigenvalue weighted by Crippen LogP contribution is 1.99. The maximum absolute atomic E-state index is 11.7. The molecule has 0 aromatic carbocycles. The molecule has 4 N–H and O–H groups in total. The summed E-state index contributed by atoms with van der Waals surface area (Å²) < 4.78 is 0. The van der Waals surface area contributed by atoms with Crippen LogP contribution in [0.2, 0.25) is 0 Å². The van der Waals surface area contributed by atoms with Crippen molar-refractivity contribution in [2.75, 3.05) is 0 Å². The molecule has 0 aromatic heterocycles. The van der Waals surface area contributed by atoms with Crippen molar-refractivity contribution in [2.24, 2.45) is 5.73 Å². The highest BCUT2D eigenvalue weighted by Gasteiger charge is 2.22. The Morgan fingerprint density at radius 2 is 1.88 bits per heavy atom. The first-order valence-corrected chi connectivity index (χ1v) is 5.66. The minimum atomic E-state index is -0.655. The van der Waals surface area contributed by atoms with Gasteiger partial charge in [-0.05, 0) is 34.1 Å². The second kappa shape index (κ2) is 6.39. The van der Waals surface area contributed by atoms with Gasteiger partial charge in [0, 0.05) is 5.54 Å². The van der Waals surface area contributed by atoms with E-state index >= 15 is 0 Å². The summed E-state index contributed by atoms with van der Waals surface area (Å²) in [6.45, 7) is 10.8. The maximum atomic E-state index is 11.7. The van der Waals surface area contributed by atoms with Crippen molar-refractivity contribution in [1.29, 1.82) is 0 Å². The minimum Gasteiger partial charge on any atom is -0.350 e. The van der Waals surface area contributed by atoms with Gasteiger partial charge < -0.3 is 16.4 Å². The Hall–Kier alpha value is -1.36. The van der Waals surface area contributed by atoms with Gasteiger partial charge in [-0.15, -0.1) is 6.58 Å². The third-order valence-corrected chi connectivity index (χ3v) is 2.01. The van der Waals surface area contributed by atoms with Crippen LogP contribution in [0.3, 0.4) is 0 Å². The van der Waals surface area contributed by atoms with Crippen molar-refractivity contribution >= 4 is 11.8 Å². The fourth-order valence-electron chi connectivity index (χ4n) is 1.15. The third-order valence-electron chi connectivity index (χ3n) is 2.01. The van der Waals surface area contributed by atoms with Crippen LogP contribution in [0.1, 0.15) is 34.1 Å². The molecule has 98 valence electrons. The summed E-state index contributed by atoms with van der Waals surface area (Å²) in [5, 5.41) is 5.34. The zero-order valence-electron chi connectivity index (χ0n) is 11.0. The van der Waals surface area contributed by atoms with E-state index in [9.17, 15) is 9.59 Å². The lowest BCUT2D eigenvalue weighted by Gasteiger charge is -2.24. The summed E-state index contributed by atoms with van der Waals surface area (Å²) in [7, 11) is 0. The lowest BCUT2D eigenvalue weighted by Crippen LogP contribution is -2.53. The second-order valence-corrected chi connectivity index (χ2v) is 5.10. The lowest BCUT2D eigenvalue weighted by molar-refractivity contribution is -0.130. The molecule has 0 aliphatic rings. The Morgan fingerprint density at radius 3 is 2.29 bits per heavy atom. The molecule has 0 bridgehead atoms. The molecule has 5 heteroatoms. The van der Waals surface area contributed by atoms with Crippen molar-refractivity contribution < 1.29 is 9.59 Å². The highest BCUT2D eigenvalue weighted by atomic mass is 16.2. The molecule has 2 unspecified atom stereocenters. The monoisotopic (exact) mass is 241 g/mol. The Morgan fingerprint density at radius 1 is 1.35 bits per heavy atom. The molecule has 0 aliphatic heterocycles. The third kappa shape index (κ3) is 6.73. The summed E-state index contributed by atoms with van der Waals surface area (Å²) >= 11 is 0. The first-order chi connectivity index (χ1) is 7.67. The molecule has 2 amide bonds.